The number of rotatable bonds is 1. The van der Waals surface area contributed by atoms with E-state index in [1.807, 2.05) is 0 Å². The Morgan fingerprint density at radius 3 is 2.58 bits per heavy atom. The first-order valence-electron chi connectivity index (χ1n) is 7.99. The summed E-state index contributed by atoms with van der Waals surface area (Å²) in [6.45, 7) is 3.54. The van der Waals surface area contributed by atoms with Crippen LogP contribution in [0.4, 0.5) is 5.69 Å². The summed E-state index contributed by atoms with van der Waals surface area (Å²) in [5.41, 5.74) is 2.84. The van der Waals surface area contributed by atoms with Crippen LogP contribution in [0.2, 0.25) is 0 Å². The van der Waals surface area contributed by atoms with Gasteiger partial charge in [0.1, 0.15) is 0 Å². The number of fused-ring (bicyclic) bond motifs is 1. The standard InChI is InChI=1S/C17H26N2/c1-2-4-9-16(8-3-1)19-13-11-15-7-5-6-10-17(15)18-12-14-19/h5-7,10,16,18H,1-4,8-9,11-14H2. The van der Waals surface area contributed by atoms with Gasteiger partial charge in [0.05, 0.1) is 0 Å². The molecule has 1 aromatic rings. The van der Waals surface area contributed by atoms with Crippen LogP contribution in [0.25, 0.3) is 0 Å². The van der Waals surface area contributed by atoms with Crippen molar-refractivity contribution in [1.82, 2.24) is 4.90 Å². The zero-order valence-corrected chi connectivity index (χ0v) is 11.9. The maximum Gasteiger partial charge on any atom is 0.0373 e. The zero-order valence-electron chi connectivity index (χ0n) is 11.9. The molecule has 1 N–H and O–H groups in total. The summed E-state index contributed by atoms with van der Waals surface area (Å²) in [6.07, 6.45) is 9.80. The van der Waals surface area contributed by atoms with Crippen molar-refractivity contribution in [2.75, 3.05) is 25.0 Å². The van der Waals surface area contributed by atoms with E-state index < -0.39 is 0 Å². The molecule has 0 radical (unpaired) electrons. The van der Waals surface area contributed by atoms with Crippen molar-refractivity contribution < 1.29 is 0 Å². The van der Waals surface area contributed by atoms with Gasteiger partial charge in [0.15, 0.2) is 0 Å². The molecule has 2 nitrogen and oxygen atoms in total. The van der Waals surface area contributed by atoms with Crippen LogP contribution in [0.1, 0.15) is 44.1 Å². The molecular formula is C17H26N2. The van der Waals surface area contributed by atoms with Gasteiger partial charge in [0.2, 0.25) is 0 Å². The lowest BCUT2D eigenvalue weighted by molar-refractivity contribution is 0.186. The van der Waals surface area contributed by atoms with E-state index in [0.29, 0.717) is 0 Å². The quantitative estimate of drug-likeness (QED) is 0.773. The molecule has 19 heavy (non-hydrogen) atoms. The van der Waals surface area contributed by atoms with Gasteiger partial charge in [-0.25, -0.2) is 0 Å². The molecular weight excluding hydrogens is 232 g/mol. The summed E-state index contributed by atoms with van der Waals surface area (Å²) in [5, 5.41) is 3.61. The molecule has 1 aliphatic heterocycles. The van der Waals surface area contributed by atoms with Gasteiger partial charge >= 0.3 is 0 Å². The summed E-state index contributed by atoms with van der Waals surface area (Å²) < 4.78 is 0. The monoisotopic (exact) mass is 258 g/mol. The first-order chi connectivity index (χ1) is 9.43. The second-order valence-corrected chi connectivity index (χ2v) is 6.02. The number of hydrogen-bond acceptors (Lipinski definition) is 2. The third-order valence-corrected chi connectivity index (χ3v) is 4.74. The van der Waals surface area contributed by atoms with E-state index in [-0.39, 0.29) is 0 Å². The molecule has 2 aliphatic rings. The van der Waals surface area contributed by atoms with Gasteiger partial charge < -0.3 is 5.32 Å². The van der Waals surface area contributed by atoms with Crippen molar-refractivity contribution >= 4 is 5.69 Å². The smallest absolute Gasteiger partial charge is 0.0373 e. The first kappa shape index (κ1) is 13.0. The first-order valence-corrected chi connectivity index (χ1v) is 7.99. The predicted molar refractivity (Wildman–Crippen MR) is 81.7 cm³/mol. The molecule has 1 aromatic carbocycles. The number of nitrogens with one attached hydrogen (secondary N) is 1. The Morgan fingerprint density at radius 2 is 1.74 bits per heavy atom. The molecule has 0 saturated heterocycles. The summed E-state index contributed by atoms with van der Waals surface area (Å²) in [6, 6.07) is 9.64. The van der Waals surface area contributed by atoms with Gasteiger partial charge in [-0.2, -0.15) is 0 Å². The molecule has 0 atom stereocenters. The SMILES string of the molecule is c1ccc2c(c1)CCN(C1CCCCCC1)CCN2. The van der Waals surface area contributed by atoms with Gasteiger partial charge in [0.25, 0.3) is 0 Å². The van der Waals surface area contributed by atoms with Gasteiger partial charge in [-0.1, -0.05) is 43.9 Å². The molecule has 0 unspecified atom stereocenters. The number of nitrogens with zero attached hydrogens (tertiary/aromatic N) is 1. The van der Waals surface area contributed by atoms with E-state index in [0.717, 1.165) is 12.6 Å². The highest BCUT2D eigenvalue weighted by atomic mass is 15.2. The number of para-hydroxylation sites is 1. The minimum Gasteiger partial charge on any atom is -0.384 e. The Labute approximate surface area is 117 Å². The lowest BCUT2D eigenvalue weighted by Gasteiger charge is -2.33. The molecule has 0 spiro atoms. The van der Waals surface area contributed by atoms with Crippen molar-refractivity contribution in [3.8, 4) is 0 Å². The lowest BCUT2D eigenvalue weighted by Crippen LogP contribution is -2.40. The largest absolute Gasteiger partial charge is 0.384 e. The van der Waals surface area contributed by atoms with E-state index >= 15 is 0 Å². The lowest BCUT2D eigenvalue weighted by atomic mass is 10.0. The molecule has 104 valence electrons. The summed E-state index contributed by atoms with van der Waals surface area (Å²) in [7, 11) is 0. The van der Waals surface area contributed by atoms with Crippen LogP contribution in [0.5, 0.6) is 0 Å². The highest BCUT2D eigenvalue weighted by molar-refractivity contribution is 5.51. The van der Waals surface area contributed by atoms with E-state index in [2.05, 4.69) is 34.5 Å². The molecule has 0 bridgehead atoms. The Bertz CT molecular complexity index is 394. The van der Waals surface area contributed by atoms with Crippen LogP contribution in [0.15, 0.2) is 24.3 Å². The molecule has 1 fully saturated rings. The summed E-state index contributed by atoms with van der Waals surface area (Å²) >= 11 is 0. The van der Waals surface area contributed by atoms with E-state index in [1.54, 1.807) is 0 Å². The van der Waals surface area contributed by atoms with Gasteiger partial charge in [-0.3, -0.25) is 4.90 Å². The van der Waals surface area contributed by atoms with Crippen molar-refractivity contribution in [3.05, 3.63) is 29.8 Å². The van der Waals surface area contributed by atoms with Crippen LogP contribution in [-0.4, -0.2) is 30.6 Å². The Balaban J connectivity index is 1.66. The second kappa shape index (κ2) is 6.42. The number of benzene rings is 1. The van der Waals surface area contributed by atoms with Crippen molar-refractivity contribution in [2.24, 2.45) is 0 Å². The molecule has 1 saturated carbocycles. The summed E-state index contributed by atoms with van der Waals surface area (Å²) in [5.74, 6) is 0. The minimum absolute atomic E-state index is 0.842. The van der Waals surface area contributed by atoms with E-state index in [1.165, 1.54) is 69.3 Å². The summed E-state index contributed by atoms with van der Waals surface area (Å²) in [4.78, 5) is 2.74. The fraction of sp³-hybridized carbons (Fsp3) is 0.647. The Kier molecular flexibility index (Phi) is 4.39. The van der Waals surface area contributed by atoms with Crippen LogP contribution in [-0.2, 0) is 6.42 Å². The average molecular weight is 258 g/mol. The van der Waals surface area contributed by atoms with Crippen LogP contribution in [0, 0.1) is 0 Å². The predicted octanol–water partition coefficient (Wildman–Crippen LogP) is 3.68. The molecule has 0 amide bonds. The average Bonchev–Trinajstić information content (AvgIpc) is 2.69. The molecule has 0 aromatic heterocycles. The van der Waals surface area contributed by atoms with E-state index in [4.69, 9.17) is 0 Å². The maximum atomic E-state index is 3.61. The number of anilines is 1. The third-order valence-electron chi connectivity index (χ3n) is 4.74. The second-order valence-electron chi connectivity index (χ2n) is 6.02. The van der Waals surface area contributed by atoms with Gasteiger partial charge in [-0.15, -0.1) is 0 Å². The van der Waals surface area contributed by atoms with Crippen molar-refractivity contribution in [2.45, 2.75) is 51.0 Å². The molecule has 1 heterocycles. The fourth-order valence-corrected chi connectivity index (χ4v) is 3.61. The number of hydrogen-bond donors (Lipinski definition) is 1. The van der Waals surface area contributed by atoms with Crippen LogP contribution < -0.4 is 5.32 Å². The molecule has 1 aliphatic carbocycles. The van der Waals surface area contributed by atoms with Gasteiger partial charge in [-0.05, 0) is 30.9 Å². The normalized spacial score (nSPS) is 22.7. The van der Waals surface area contributed by atoms with Crippen molar-refractivity contribution in [1.29, 1.82) is 0 Å². The minimum atomic E-state index is 0.842. The van der Waals surface area contributed by atoms with Crippen molar-refractivity contribution in [3.63, 3.8) is 0 Å². The highest BCUT2D eigenvalue weighted by Gasteiger charge is 2.21. The Hall–Kier alpha value is -1.02. The fourth-order valence-electron chi connectivity index (χ4n) is 3.61. The molecule has 3 rings (SSSR count). The van der Waals surface area contributed by atoms with Crippen LogP contribution in [0.3, 0.4) is 0 Å². The third kappa shape index (κ3) is 3.30. The topological polar surface area (TPSA) is 15.3 Å². The van der Waals surface area contributed by atoms with E-state index in [9.17, 15) is 0 Å². The Morgan fingerprint density at radius 1 is 0.947 bits per heavy atom. The highest BCUT2D eigenvalue weighted by Crippen LogP contribution is 2.24. The molecule has 2 heteroatoms. The maximum absolute atomic E-state index is 3.61. The van der Waals surface area contributed by atoms with Gasteiger partial charge in [0, 0.05) is 31.4 Å². The zero-order chi connectivity index (χ0) is 12.9. The van der Waals surface area contributed by atoms with Crippen LogP contribution >= 0.6 is 0 Å².